The van der Waals surface area contributed by atoms with Crippen molar-refractivity contribution in [3.05, 3.63) is 156 Å². The van der Waals surface area contributed by atoms with Gasteiger partial charge in [0.1, 0.15) is 5.82 Å². The highest BCUT2D eigenvalue weighted by molar-refractivity contribution is 9.10. The molecule has 0 saturated carbocycles. The van der Waals surface area contributed by atoms with Crippen LogP contribution in [-0.4, -0.2) is 18.7 Å². The van der Waals surface area contributed by atoms with Gasteiger partial charge in [-0.05, 0) is 71.6 Å². The molecule has 4 heterocycles. The quantitative estimate of drug-likeness (QED) is 0.179. The predicted molar refractivity (Wildman–Crippen MR) is 214 cm³/mol. The Kier molecular flexibility index (Phi) is 6.25. The summed E-state index contributed by atoms with van der Waals surface area (Å²) in [6, 6.07) is 50.5. The highest BCUT2D eigenvalue weighted by Gasteiger charge is 2.29. The first kappa shape index (κ1) is 29.3. The van der Waals surface area contributed by atoms with Gasteiger partial charge in [0.15, 0.2) is 0 Å². The molecule has 0 aliphatic heterocycles. The Balaban J connectivity index is 1.59. The summed E-state index contributed by atoms with van der Waals surface area (Å²) in [5.41, 5.74) is 10.5. The Morgan fingerprint density at radius 2 is 0.960 bits per heavy atom. The van der Waals surface area contributed by atoms with E-state index in [0.29, 0.717) is 0 Å². The van der Waals surface area contributed by atoms with E-state index in [1.807, 2.05) is 6.20 Å². The number of benzene rings is 6. The van der Waals surface area contributed by atoms with Crippen molar-refractivity contribution in [1.82, 2.24) is 18.7 Å². The van der Waals surface area contributed by atoms with Crippen LogP contribution >= 0.6 is 15.9 Å². The molecule has 5 heteroatoms. The second-order valence-electron chi connectivity index (χ2n) is 14.2. The molecule has 0 atom stereocenters. The normalized spacial score (nSPS) is 12.4. The summed E-state index contributed by atoms with van der Waals surface area (Å²) in [4.78, 5) is 5.11. The number of fused-ring (bicyclic) bond motifs is 12. The van der Waals surface area contributed by atoms with E-state index in [2.05, 4.69) is 190 Å². The van der Waals surface area contributed by atoms with Gasteiger partial charge in [0, 0.05) is 54.4 Å². The second kappa shape index (κ2) is 10.7. The van der Waals surface area contributed by atoms with E-state index in [0.717, 1.165) is 32.7 Å². The van der Waals surface area contributed by atoms with Crippen molar-refractivity contribution in [3.8, 4) is 17.2 Å². The number of para-hydroxylation sites is 4. The van der Waals surface area contributed by atoms with Crippen molar-refractivity contribution in [2.75, 3.05) is 0 Å². The van der Waals surface area contributed by atoms with Crippen molar-refractivity contribution in [1.29, 1.82) is 0 Å². The molecule has 6 aromatic carbocycles. The van der Waals surface area contributed by atoms with Crippen LogP contribution in [0, 0.1) is 0 Å². The summed E-state index contributed by atoms with van der Waals surface area (Å²) in [7, 11) is 0. The van der Waals surface area contributed by atoms with Crippen molar-refractivity contribution in [3.63, 3.8) is 0 Å². The molecule has 0 radical (unpaired) electrons. The van der Waals surface area contributed by atoms with E-state index in [1.165, 1.54) is 59.9 Å². The minimum atomic E-state index is -0.0390. The summed E-state index contributed by atoms with van der Waals surface area (Å²) in [6.45, 7) is 6.80. The van der Waals surface area contributed by atoms with E-state index >= 15 is 0 Å². The van der Waals surface area contributed by atoms with Crippen LogP contribution in [0.5, 0.6) is 0 Å². The van der Waals surface area contributed by atoms with Crippen LogP contribution in [0.4, 0.5) is 0 Å². The standard InChI is InChI=1S/C45H33BrN4/c1-45(2,3)28-24-25-47-38(26-28)50-37-27-29(46)22-23-34(37)41-43-39(32-18-10-12-20-35(32)49(43)31-16-8-5-9-17-31)42-40(44(41)50)33-19-11-13-21-36(33)48(42)30-14-6-4-7-15-30/h4-27H,1-3H3. The van der Waals surface area contributed by atoms with E-state index in [4.69, 9.17) is 4.98 Å². The van der Waals surface area contributed by atoms with Crippen LogP contribution in [0.1, 0.15) is 26.3 Å². The molecule has 4 aromatic heterocycles. The smallest absolute Gasteiger partial charge is 0.137 e. The number of rotatable bonds is 3. The number of hydrogen-bond donors (Lipinski definition) is 0. The molecule has 0 N–H and O–H groups in total. The highest BCUT2D eigenvalue weighted by atomic mass is 79.9. The summed E-state index contributed by atoms with van der Waals surface area (Å²) in [5, 5.41) is 7.31. The van der Waals surface area contributed by atoms with Crippen molar-refractivity contribution < 1.29 is 0 Å². The predicted octanol–water partition coefficient (Wildman–Crippen LogP) is 12.4. The van der Waals surface area contributed by atoms with Gasteiger partial charge in [0.05, 0.1) is 33.1 Å². The lowest BCUT2D eigenvalue weighted by atomic mass is 9.88. The van der Waals surface area contributed by atoms with Gasteiger partial charge >= 0.3 is 0 Å². The van der Waals surface area contributed by atoms with Crippen molar-refractivity contribution in [2.45, 2.75) is 26.2 Å². The maximum Gasteiger partial charge on any atom is 0.137 e. The maximum atomic E-state index is 5.11. The Morgan fingerprint density at radius 3 is 1.50 bits per heavy atom. The van der Waals surface area contributed by atoms with Gasteiger partial charge in [0.25, 0.3) is 0 Å². The average molecular weight is 710 g/mol. The molecule has 0 bridgehead atoms. The Bertz CT molecular complexity index is 2960. The molecule has 50 heavy (non-hydrogen) atoms. The number of hydrogen-bond acceptors (Lipinski definition) is 1. The summed E-state index contributed by atoms with van der Waals surface area (Å²) < 4.78 is 8.40. The molecule has 0 aliphatic rings. The van der Waals surface area contributed by atoms with Crippen LogP contribution in [0.2, 0.25) is 0 Å². The molecule has 0 unspecified atom stereocenters. The molecule has 4 nitrogen and oxygen atoms in total. The van der Waals surface area contributed by atoms with Crippen LogP contribution in [0.15, 0.2) is 150 Å². The minimum Gasteiger partial charge on any atom is -0.308 e. The van der Waals surface area contributed by atoms with E-state index in [-0.39, 0.29) is 5.41 Å². The van der Waals surface area contributed by atoms with E-state index in [1.54, 1.807) is 0 Å². The summed E-state index contributed by atoms with van der Waals surface area (Å²) in [6.07, 6.45) is 1.97. The lowest BCUT2D eigenvalue weighted by Crippen LogP contribution is -2.12. The van der Waals surface area contributed by atoms with Crippen LogP contribution in [-0.2, 0) is 5.41 Å². The van der Waals surface area contributed by atoms with Crippen LogP contribution in [0.25, 0.3) is 82.6 Å². The van der Waals surface area contributed by atoms with Crippen molar-refractivity contribution in [2.24, 2.45) is 0 Å². The third-order valence-corrected chi connectivity index (χ3v) is 10.8. The Hall–Kier alpha value is -5.65. The number of halogens is 1. The molecule has 10 aromatic rings. The van der Waals surface area contributed by atoms with E-state index < -0.39 is 0 Å². The van der Waals surface area contributed by atoms with Gasteiger partial charge in [0.2, 0.25) is 0 Å². The second-order valence-corrected chi connectivity index (χ2v) is 15.1. The first-order valence-electron chi connectivity index (χ1n) is 17.1. The molecular formula is C45H33BrN4. The largest absolute Gasteiger partial charge is 0.308 e. The zero-order valence-electron chi connectivity index (χ0n) is 28.0. The van der Waals surface area contributed by atoms with Gasteiger partial charge in [-0.2, -0.15) is 0 Å². The topological polar surface area (TPSA) is 27.7 Å². The molecule has 0 spiro atoms. The third kappa shape index (κ3) is 4.07. The highest BCUT2D eigenvalue weighted by Crippen LogP contribution is 2.50. The lowest BCUT2D eigenvalue weighted by Gasteiger charge is -2.20. The number of pyridine rings is 1. The van der Waals surface area contributed by atoms with Gasteiger partial charge < -0.3 is 9.13 Å². The lowest BCUT2D eigenvalue weighted by molar-refractivity contribution is 0.589. The van der Waals surface area contributed by atoms with E-state index in [9.17, 15) is 0 Å². The van der Waals surface area contributed by atoms with Gasteiger partial charge in [-0.3, -0.25) is 4.57 Å². The first-order chi connectivity index (χ1) is 24.4. The zero-order valence-corrected chi connectivity index (χ0v) is 29.6. The molecule has 0 aliphatic carbocycles. The fourth-order valence-electron chi connectivity index (χ4n) is 8.11. The Morgan fingerprint density at radius 1 is 0.480 bits per heavy atom. The monoisotopic (exact) mass is 708 g/mol. The third-order valence-electron chi connectivity index (χ3n) is 10.3. The molecule has 0 fully saturated rings. The number of nitrogens with zero attached hydrogens (tertiary/aromatic N) is 4. The number of aromatic nitrogens is 4. The fraction of sp³-hybridized carbons (Fsp3) is 0.0889. The minimum absolute atomic E-state index is 0.0390. The molecule has 0 amide bonds. The zero-order chi connectivity index (χ0) is 33.7. The molecule has 240 valence electrons. The first-order valence-corrected chi connectivity index (χ1v) is 17.9. The van der Waals surface area contributed by atoms with Gasteiger partial charge in [-0.1, -0.05) is 116 Å². The molecule has 10 rings (SSSR count). The fourth-order valence-corrected chi connectivity index (χ4v) is 8.45. The van der Waals surface area contributed by atoms with Gasteiger partial charge in [-0.25, -0.2) is 4.98 Å². The molecular weight excluding hydrogens is 676 g/mol. The molecule has 0 saturated heterocycles. The maximum absolute atomic E-state index is 5.11. The average Bonchev–Trinajstić information content (AvgIpc) is 3.77. The van der Waals surface area contributed by atoms with Crippen LogP contribution < -0.4 is 0 Å². The summed E-state index contributed by atoms with van der Waals surface area (Å²) in [5.74, 6) is 0.912. The van der Waals surface area contributed by atoms with Crippen LogP contribution in [0.3, 0.4) is 0 Å². The summed E-state index contributed by atoms with van der Waals surface area (Å²) >= 11 is 3.85. The van der Waals surface area contributed by atoms with Crippen molar-refractivity contribution >= 4 is 81.3 Å². The Labute approximate surface area is 297 Å². The van der Waals surface area contributed by atoms with Gasteiger partial charge in [-0.15, -0.1) is 0 Å². The SMILES string of the molecule is CC(C)(C)c1ccnc(-n2c3cc(Br)ccc3c3c4c(c5ccccc5n4-c4ccccc4)c4c(c5ccccc5n4-c4ccccc4)c32)c1.